The summed E-state index contributed by atoms with van der Waals surface area (Å²) in [7, 11) is 0. The molecule has 0 unspecified atom stereocenters. The van der Waals surface area contributed by atoms with Gasteiger partial charge in [0.05, 0.1) is 0 Å². The summed E-state index contributed by atoms with van der Waals surface area (Å²) in [6, 6.07) is 10.4. The molecule has 0 amide bonds. The molecule has 3 aromatic rings. The minimum atomic E-state index is 0.905. The van der Waals surface area contributed by atoms with E-state index in [1.165, 1.54) is 16.5 Å². The molecule has 0 saturated carbocycles. The first-order valence-electron chi connectivity index (χ1n) is 4.92. The molecule has 1 aromatic carbocycles. The Morgan fingerprint density at radius 2 is 1.88 bits per heavy atom. The molecular formula is C13H8BrNS. The van der Waals surface area contributed by atoms with Crippen molar-refractivity contribution in [3.05, 3.63) is 51.9 Å². The fraction of sp³-hybridized carbons (Fsp3) is 0. The van der Waals surface area contributed by atoms with Crippen molar-refractivity contribution >= 4 is 38.0 Å². The number of aromatic nitrogens is 1. The number of hydrogen-bond donors (Lipinski definition) is 0. The molecule has 0 aliphatic heterocycles. The molecule has 0 spiro atoms. The third kappa shape index (κ3) is 1.56. The fourth-order valence-corrected chi connectivity index (χ4v) is 2.91. The molecule has 0 atom stereocenters. The van der Waals surface area contributed by atoms with Crippen molar-refractivity contribution in [2.75, 3.05) is 0 Å². The Labute approximate surface area is 106 Å². The lowest BCUT2D eigenvalue weighted by molar-refractivity contribution is 1.32. The molecule has 0 radical (unpaired) electrons. The number of benzene rings is 1. The number of pyridine rings is 1. The molecular weight excluding hydrogens is 282 g/mol. The van der Waals surface area contributed by atoms with Crippen LogP contribution < -0.4 is 0 Å². The molecule has 78 valence electrons. The summed E-state index contributed by atoms with van der Waals surface area (Å²) in [4.78, 5) is 4.38. The van der Waals surface area contributed by atoms with Gasteiger partial charge in [-0.15, -0.1) is 0 Å². The Morgan fingerprint density at radius 1 is 1.06 bits per heavy atom. The van der Waals surface area contributed by atoms with Crippen LogP contribution in [0.5, 0.6) is 0 Å². The molecule has 0 saturated heterocycles. The zero-order chi connectivity index (χ0) is 11.0. The molecule has 0 aliphatic carbocycles. The van der Waals surface area contributed by atoms with E-state index in [9.17, 15) is 0 Å². The van der Waals surface area contributed by atoms with E-state index in [1.807, 2.05) is 12.3 Å². The normalized spacial score (nSPS) is 10.8. The van der Waals surface area contributed by atoms with E-state index >= 15 is 0 Å². The summed E-state index contributed by atoms with van der Waals surface area (Å²) >= 11 is 5.19. The summed E-state index contributed by atoms with van der Waals surface area (Å²) in [5, 5.41) is 6.64. The molecule has 3 rings (SSSR count). The average Bonchev–Trinajstić information content (AvgIpc) is 2.83. The number of nitrogens with zero attached hydrogens (tertiary/aromatic N) is 1. The lowest BCUT2D eigenvalue weighted by Crippen LogP contribution is -1.84. The number of fused-ring (bicyclic) bond motifs is 1. The topological polar surface area (TPSA) is 12.9 Å². The summed E-state index contributed by atoms with van der Waals surface area (Å²) in [6.07, 6.45) is 1.93. The summed E-state index contributed by atoms with van der Waals surface area (Å²) < 4.78 is 0.905. The molecule has 0 fully saturated rings. The molecule has 0 bridgehead atoms. The number of thiophene rings is 1. The first-order valence-corrected chi connectivity index (χ1v) is 6.65. The molecule has 1 nitrogen and oxygen atoms in total. The minimum Gasteiger partial charge on any atom is -0.248 e. The van der Waals surface area contributed by atoms with E-state index in [1.54, 1.807) is 11.3 Å². The quantitative estimate of drug-likeness (QED) is 0.591. The zero-order valence-electron chi connectivity index (χ0n) is 8.35. The van der Waals surface area contributed by atoms with Gasteiger partial charge < -0.3 is 0 Å². The van der Waals surface area contributed by atoms with Crippen LogP contribution in [0, 0.1) is 0 Å². The van der Waals surface area contributed by atoms with E-state index in [4.69, 9.17) is 0 Å². The fourth-order valence-electron chi connectivity index (χ4n) is 1.81. The van der Waals surface area contributed by atoms with Gasteiger partial charge in [0.1, 0.15) is 4.60 Å². The second kappa shape index (κ2) is 4.00. The van der Waals surface area contributed by atoms with Gasteiger partial charge in [-0.3, -0.25) is 0 Å². The van der Waals surface area contributed by atoms with Gasteiger partial charge in [-0.25, -0.2) is 4.98 Å². The molecule has 2 heterocycles. The summed E-state index contributed by atoms with van der Waals surface area (Å²) in [5.41, 5.74) is 2.43. The predicted octanol–water partition coefficient (Wildman–Crippen LogP) is 4.73. The van der Waals surface area contributed by atoms with Gasteiger partial charge >= 0.3 is 0 Å². The van der Waals surface area contributed by atoms with Crippen LogP contribution >= 0.6 is 27.3 Å². The van der Waals surface area contributed by atoms with Crippen LogP contribution in [-0.4, -0.2) is 4.98 Å². The first kappa shape index (κ1) is 10.00. The molecule has 16 heavy (non-hydrogen) atoms. The summed E-state index contributed by atoms with van der Waals surface area (Å²) in [5.74, 6) is 0. The second-order valence-electron chi connectivity index (χ2n) is 3.52. The Morgan fingerprint density at radius 3 is 2.62 bits per heavy atom. The summed E-state index contributed by atoms with van der Waals surface area (Å²) in [6.45, 7) is 0. The highest BCUT2D eigenvalue weighted by Gasteiger charge is 2.06. The van der Waals surface area contributed by atoms with Crippen LogP contribution in [-0.2, 0) is 0 Å². The lowest BCUT2D eigenvalue weighted by atomic mass is 10.0. The maximum Gasteiger partial charge on any atom is 0.113 e. The van der Waals surface area contributed by atoms with E-state index in [0.29, 0.717) is 0 Å². The molecule has 0 aliphatic rings. The number of halogens is 1. The van der Waals surface area contributed by atoms with E-state index < -0.39 is 0 Å². The first-order chi connectivity index (χ1) is 7.86. The van der Waals surface area contributed by atoms with Gasteiger partial charge in [-0.1, -0.05) is 24.3 Å². The second-order valence-corrected chi connectivity index (χ2v) is 5.05. The van der Waals surface area contributed by atoms with Crippen molar-refractivity contribution in [3.63, 3.8) is 0 Å². The van der Waals surface area contributed by atoms with Gasteiger partial charge in [0.25, 0.3) is 0 Å². The monoisotopic (exact) mass is 289 g/mol. The molecule has 0 N–H and O–H groups in total. The zero-order valence-corrected chi connectivity index (χ0v) is 10.8. The predicted molar refractivity (Wildman–Crippen MR) is 72.8 cm³/mol. The van der Waals surface area contributed by atoms with Crippen molar-refractivity contribution in [1.82, 2.24) is 4.98 Å². The third-order valence-corrected chi connectivity index (χ3v) is 3.89. The Balaban J connectivity index is 2.39. The standard InChI is InChI=1S/C13H8BrNS/c14-13-11-4-2-1-3-10(11)12(7-15-13)9-5-6-16-8-9/h1-8H. The van der Waals surface area contributed by atoms with Crippen LogP contribution in [0.15, 0.2) is 51.9 Å². The molecule has 2 aromatic heterocycles. The van der Waals surface area contributed by atoms with Crippen LogP contribution in [0.1, 0.15) is 0 Å². The van der Waals surface area contributed by atoms with Gasteiger partial charge in [-0.2, -0.15) is 11.3 Å². The van der Waals surface area contributed by atoms with Crippen molar-refractivity contribution in [1.29, 1.82) is 0 Å². The maximum atomic E-state index is 4.38. The van der Waals surface area contributed by atoms with Crippen molar-refractivity contribution in [2.45, 2.75) is 0 Å². The number of hydrogen-bond acceptors (Lipinski definition) is 2. The Bertz CT molecular complexity index is 631. The van der Waals surface area contributed by atoms with E-state index in [-0.39, 0.29) is 0 Å². The Hall–Kier alpha value is -1.19. The SMILES string of the molecule is Brc1ncc(-c2ccsc2)c2ccccc12. The lowest BCUT2D eigenvalue weighted by Gasteiger charge is -2.05. The number of rotatable bonds is 1. The van der Waals surface area contributed by atoms with Crippen LogP contribution in [0.25, 0.3) is 21.9 Å². The third-order valence-electron chi connectivity index (χ3n) is 2.58. The largest absolute Gasteiger partial charge is 0.248 e. The minimum absolute atomic E-state index is 0.905. The highest BCUT2D eigenvalue weighted by atomic mass is 79.9. The van der Waals surface area contributed by atoms with Crippen molar-refractivity contribution in [2.24, 2.45) is 0 Å². The van der Waals surface area contributed by atoms with Gasteiger partial charge in [0.2, 0.25) is 0 Å². The van der Waals surface area contributed by atoms with Crippen LogP contribution in [0.2, 0.25) is 0 Å². The average molecular weight is 290 g/mol. The van der Waals surface area contributed by atoms with Gasteiger partial charge in [-0.05, 0) is 43.7 Å². The van der Waals surface area contributed by atoms with E-state index in [2.05, 4.69) is 55.9 Å². The highest BCUT2D eigenvalue weighted by molar-refractivity contribution is 9.10. The van der Waals surface area contributed by atoms with Crippen molar-refractivity contribution < 1.29 is 0 Å². The van der Waals surface area contributed by atoms with Gasteiger partial charge in [0, 0.05) is 17.1 Å². The molecule has 3 heteroatoms. The van der Waals surface area contributed by atoms with Gasteiger partial charge in [0.15, 0.2) is 0 Å². The van der Waals surface area contributed by atoms with Crippen LogP contribution in [0.3, 0.4) is 0 Å². The van der Waals surface area contributed by atoms with E-state index in [0.717, 1.165) is 9.99 Å². The Kier molecular flexibility index (Phi) is 2.50. The smallest absolute Gasteiger partial charge is 0.113 e. The van der Waals surface area contributed by atoms with Crippen molar-refractivity contribution in [3.8, 4) is 11.1 Å². The van der Waals surface area contributed by atoms with Crippen LogP contribution in [0.4, 0.5) is 0 Å². The maximum absolute atomic E-state index is 4.38. The highest BCUT2D eigenvalue weighted by Crippen LogP contribution is 2.32.